The Hall–Kier alpha value is -3.10. The molecule has 9 nitrogen and oxygen atoms in total. The summed E-state index contributed by atoms with van der Waals surface area (Å²) in [5.74, 6) is 0.226. The fourth-order valence-corrected chi connectivity index (χ4v) is 4.15. The Kier molecular flexibility index (Phi) is 5.87. The number of likely N-dealkylation sites (tertiary alicyclic amines) is 2. The van der Waals surface area contributed by atoms with Gasteiger partial charge in [0.05, 0.1) is 30.6 Å². The van der Waals surface area contributed by atoms with Crippen LogP contribution >= 0.6 is 0 Å². The second kappa shape index (κ2) is 8.73. The van der Waals surface area contributed by atoms with Gasteiger partial charge in [0.25, 0.3) is 0 Å². The summed E-state index contributed by atoms with van der Waals surface area (Å²) >= 11 is 0. The standard InChI is InChI=1S/C21H27N5O4/c1-2-26-13-17(11-22-26)23-20(28)15-5-7-24(8-6-15)21(29)16-10-19(27)25(12-16)14-18-4-3-9-30-18/h3-4,9,11,13,15-16H,2,5-8,10,12,14H2,1H3,(H,23,28). The quantitative estimate of drug-likeness (QED) is 0.777. The van der Waals surface area contributed by atoms with E-state index in [1.807, 2.05) is 19.2 Å². The zero-order valence-electron chi connectivity index (χ0n) is 17.1. The normalized spacial score (nSPS) is 20.0. The monoisotopic (exact) mass is 413 g/mol. The van der Waals surface area contributed by atoms with E-state index in [0.29, 0.717) is 50.5 Å². The molecule has 0 saturated carbocycles. The summed E-state index contributed by atoms with van der Waals surface area (Å²) in [5, 5.41) is 7.07. The van der Waals surface area contributed by atoms with Gasteiger partial charge in [-0.05, 0) is 31.9 Å². The highest BCUT2D eigenvalue weighted by atomic mass is 16.3. The summed E-state index contributed by atoms with van der Waals surface area (Å²) in [4.78, 5) is 41.2. The highest BCUT2D eigenvalue weighted by Gasteiger charge is 2.38. The van der Waals surface area contributed by atoms with E-state index in [-0.39, 0.29) is 36.0 Å². The Morgan fingerprint density at radius 3 is 2.73 bits per heavy atom. The van der Waals surface area contributed by atoms with Crippen LogP contribution in [-0.4, -0.2) is 56.9 Å². The number of aryl methyl sites for hydroxylation is 1. The first-order valence-corrected chi connectivity index (χ1v) is 10.5. The molecule has 1 unspecified atom stereocenters. The van der Waals surface area contributed by atoms with E-state index in [4.69, 9.17) is 4.42 Å². The highest BCUT2D eigenvalue weighted by Crippen LogP contribution is 2.26. The minimum atomic E-state index is -0.322. The van der Waals surface area contributed by atoms with Gasteiger partial charge >= 0.3 is 0 Å². The molecule has 1 atom stereocenters. The Labute approximate surface area is 175 Å². The number of hydrogen-bond donors (Lipinski definition) is 1. The van der Waals surface area contributed by atoms with Crippen LogP contribution < -0.4 is 5.32 Å². The molecule has 9 heteroatoms. The number of furan rings is 1. The number of carbonyl (C=O) groups is 3. The molecule has 0 spiro atoms. The number of nitrogens with one attached hydrogen (secondary N) is 1. The van der Waals surface area contributed by atoms with Gasteiger partial charge in [-0.15, -0.1) is 0 Å². The minimum absolute atomic E-state index is 0.00775. The van der Waals surface area contributed by atoms with Crippen LogP contribution in [0.2, 0.25) is 0 Å². The summed E-state index contributed by atoms with van der Waals surface area (Å²) in [5.41, 5.74) is 0.696. The molecule has 160 valence electrons. The van der Waals surface area contributed by atoms with Crippen molar-refractivity contribution in [3.05, 3.63) is 36.5 Å². The predicted octanol–water partition coefficient (Wildman–Crippen LogP) is 1.72. The van der Waals surface area contributed by atoms with E-state index in [2.05, 4.69) is 10.4 Å². The van der Waals surface area contributed by atoms with E-state index in [1.165, 1.54) is 0 Å². The van der Waals surface area contributed by atoms with Crippen molar-refractivity contribution in [3.63, 3.8) is 0 Å². The number of piperidine rings is 1. The molecule has 4 heterocycles. The number of hydrogen-bond acceptors (Lipinski definition) is 5. The molecule has 30 heavy (non-hydrogen) atoms. The fraction of sp³-hybridized carbons (Fsp3) is 0.524. The van der Waals surface area contributed by atoms with E-state index < -0.39 is 0 Å². The number of aromatic nitrogens is 2. The van der Waals surface area contributed by atoms with E-state index in [0.717, 1.165) is 6.54 Å². The van der Waals surface area contributed by atoms with Crippen LogP contribution in [0.3, 0.4) is 0 Å². The fourth-order valence-electron chi connectivity index (χ4n) is 4.15. The maximum atomic E-state index is 12.9. The van der Waals surface area contributed by atoms with Gasteiger partial charge in [0.2, 0.25) is 17.7 Å². The molecule has 0 radical (unpaired) electrons. The second-order valence-corrected chi connectivity index (χ2v) is 7.93. The Morgan fingerprint density at radius 1 is 1.27 bits per heavy atom. The lowest BCUT2D eigenvalue weighted by molar-refractivity contribution is -0.138. The summed E-state index contributed by atoms with van der Waals surface area (Å²) in [6.07, 6.45) is 6.51. The lowest BCUT2D eigenvalue weighted by Crippen LogP contribution is -2.44. The summed E-state index contributed by atoms with van der Waals surface area (Å²) < 4.78 is 7.07. The largest absolute Gasteiger partial charge is 0.467 e. The molecule has 2 fully saturated rings. The topological polar surface area (TPSA) is 101 Å². The molecule has 2 saturated heterocycles. The maximum absolute atomic E-state index is 12.9. The molecule has 2 aromatic rings. The van der Waals surface area contributed by atoms with Crippen LogP contribution in [0.4, 0.5) is 5.69 Å². The molecule has 1 N–H and O–H groups in total. The molecule has 3 amide bonds. The summed E-state index contributed by atoms with van der Waals surface area (Å²) in [7, 11) is 0. The van der Waals surface area contributed by atoms with Gasteiger partial charge in [0.15, 0.2) is 0 Å². The van der Waals surface area contributed by atoms with Crippen molar-refractivity contribution >= 4 is 23.4 Å². The minimum Gasteiger partial charge on any atom is -0.467 e. The van der Waals surface area contributed by atoms with Crippen LogP contribution in [0.25, 0.3) is 0 Å². The lowest BCUT2D eigenvalue weighted by atomic mass is 9.94. The van der Waals surface area contributed by atoms with Crippen molar-refractivity contribution in [1.82, 2.24) is 19.6 Å². The highest BCUT2D eigenvalue weighted by molar-refractivity contribution is 5.93. The summed E-state index contributed by atoms with van der Waals surface area (Å²) in [6, 6.07) is 3.61. The first-order chi connectivity index (χ1) is 14.5. The van der Waals surface area contributed by atoms with Gasteiger partial charge in [0.1, 0.15) is 5.76 Å². The Bertz CT molecular complexity index is 898. The first kappa shape index (κ1) is 20.2. The third-order valence-electron chi connectivity index (χ3n) is 5.89. The Morgan fingerprint density at radius 2 is 2.07 bits per heavy atom. The third kappa shape index (κ3) is 4.39. The van der Waals surface area contributed by atoms with Gasteiger partial charge in [-0.1, -0.05) is 0 Å². The number of anilines is 1. The number of rotatable bonds is 6. The Balaban J connectivity index is 1.26. The molecule has 4 rings (SSSR count). The number of amides is 3. The summed E-state index contributed by atoms with van der Waals surface area (Å²) in [6.45, 7) is 4.62. The van der Waals surface area contributed by atoms with Gasteiger partial charge in [0, 0.05) is 44.7 Å². The molecule has 2 aliphatic heterocycles. The average molecular weight is 413 g/mol. The van der Waals surface area contributed by atoms with Crippen molar-refractivity contribution in [2.24, 2.45) is 11.8 Å². The maximum Gasteiger partial charge on any atom is 0.227 e. The predicted molar refractivity (Wildman–Crippen MR) is 108 cm³/mol. The van der Waals surface area contributed by atoms with Crippen molar-refractivity contribution in [1.29, 1.82) is 0 Å². The SMILES string of the molecule is CCn1cc(NC(=O)C2CCN(C(=O)C3CC(=O)N(Cc4ccco4)C3)CC2)cn1. The van der Waals surface area contributed by atoms with Crippen LogP contribution in [0, 0.1) is 11.8 Å². The van der Waals surface area contributed by atoms with Crippen molar-refractivity contribution in [2.75, 3.05) is 25.0 Å². The average Bonchev–Trinajstić information content (AvgIpc) is 3.50. The first-order valence-electron chi connectivity index (χ1n) is 10.5. The van der Waals surface area contributed by atoms with Crippen LogP contribution in [0.5, 0.6) is 0 Å². The number of nitrogens with zero attached hydrogens (tertiary/aromatic N) is 4. The van der Waals surface area contributed by atoms with Crippen LogP contribution in [0.1, 0.15) is 31.9 Å². The van der Waals surface area contributed by atoms with E-state index in [1.54, 1.807) is 33.0 Å². The molecule has 0 aliphatic carbocycles. The van der Waals surface area contributed by atoms with Crippen molar-refractivity contribution in [2.45, 2.75) is 39.3 Å². The molecular weight excluding hydrogens is 386 g/mol. The smallest absolute Gasteiger partial charge is 0.227 e. The zero-order valence-corrected chi connectivity index (χ0v) is 17.1. The third-order valence-corrected chi connectivity index (χ3v) is 5.89. The van der Waals surface area contributed by atoms with Crippen LogP contribution in [0.15, 0.2) is 35.2 Å². The lowest BCUT2D eigenvalue weighted by Gasteiger charge is -2.32. The molecule has 0 bridgehead atoms. The molecular formula is C21H27N5O4. The molecule has 2 aromatic heterocycles. The number of carbonyl (C=O) groups excluding carboxylic acids is 3. The van der Waals surface area contributed by atoms with Gasteiger partial charge < -0.3 is 19.5 Å². The molecule has 0 aromatic carbocycles. The van der Waals surface area contributed by atoms with Crippen molar-refractivity contribution in [3.8, 4) is 0 Å². The van der Waals surface area contributed by atoms with E-state index in [9.17, 15) is 14.4 Å². The van der Waals surface area contributed by atoms with E-state index >= 15 is 0 Å². The molecule has 2 aliphatic rings. The van der Waals surface area contributed by atoms with Gasteiger partial charge in [-0.3, -0.25) is 19.1 Å². The van der Waals surface area contributed by atoms with Crippen LogP contribution in [-0.2, 0) is 27.5 Å². The zero-order chi connectivity index (χ0) is 21.1. The van der Waals surface area contributed by atoms with Crippen molar-refractivity contribution < 1.29 is 18.8 Å². The van der Waals surface area contributed by atoms with Gasteiger partial charge in [-0.25, -0.2) is 0 Å². The van der Waals surface area contributed by atoms with Gasteiger partial charge in [-0.2, -0.15) is 5.10 Å². The second-order valence-electron chi connectivity index (χ2n) is 7.93.